The van der Waals surface area contributed by atoms with Gasteiger partial charge in [-0.2, -0.15) is 0 Å². The number of para-hydroxylation sites is 1. The van der Waals surface area contributed by atoms with E-state index in [1.165, 1.54) is 24.8 Å². The van der Waals surface area contributed by atoms with Crippen LogP contribution in [0.1, 0.15) is 36.7 Å². The van der Waals surface area contributed by atoms with E-state index < -0.39 is 0 Å². The van der Waals surface area contributed by atoms with Gasteiger partial charge < -0.3 is 5.73 Å². The molecule has 0 bridgehead atoms. The van der Waals surface area contributed by atoms with Gasteiger partial charge in [-0.3, -0.25) is 4.90 Å². The summed E-state index contributed by atoms with van der Waals surface area (Å²) in [5, 5.41) is 0.931. The number of fused-ring (bicyclic) bond motifs is 1. The zero-order valence-corrected chi connectivity index (χ0v) is 14.4. The lowest BCUT2D eigenvalue weighted by Gasteiger charge is -2.34. The third-order valence-electron chi connectivity index (χ3n) is 5.07. The van der Waals surface area contributed by atoms with E-state index in [1.807, 2.05) is 24.3 Å². The molecular weight excluding hydrogens is 308 g/mol. The lowest BCUT2D eigenvalue weighted by atomic mass is 9.98. The van der Waals surface area contributed by atoms with Gasteiger partial charge in [-0.05, 0) is 43.6 Å². The predicted octanol–water partition coefficient (Wildman–Crippen LogP) is 3.98. The van der Waals surface area contributed by atoms with Crippen molar-refractivity contribution in [1.82, 2.24) is 14.9 Å². The normalized spacial score (nSPS) is 16.8. The second-order valence-electron chi connectivity index (χ2n) is 6.77. The highest BCUT2D eigenvalue weighted by Crippen LogP contribution is 2.28. The Bertz CT molecular complexity index is 841. The van der Waals surface area contributed by atoms with Crippen molar-refractivity contribution in [2.24, 2.45) is 0 Å². The average Bonchev–Trinajstić information content (AvgIpc) is 2.67. The fraction of sp³-hybridized carbons (Fsp3) is 0.333. The summed E-state index contributed by atoms with van der Waals surface area (Å²) in [6, 6.07) is 19.0. The van der Waals surface area contributed by atoms with Crippen molar-refractivity contribution in [3.63, 3.8) is 0 Å². The van der Waals surface area contributed by atoms with Crippen molar-refractivity contribution in [3.8, 4) is 0 Å². The molecule has 0 saturated carbocycles. The number of piperidine rings is 1. The molecule has 1 atom stereocenters. The molecular formula is C21H24N4. The molecule has 1 aliphatic heterocycles. The first-order valence-electron chi connectivity index (χ1n) is 9.11. The molecule has 25 heavy (non-hydrogen) atoms. The minimum absolute atomic E-state index is 0.307. The molecule has 2 aromatic carbocycles. The summed E-state index contributed by atoms with van der Waals surface area (Å²) in [6.45, 7) is 2.28. The highest BCUT2D eigenvalue weighted by molar-refractivity contribution is 5.87. The summed E-state index contributed by atoms with van der Waals surface area (Å²) in [4.78, 5) is 12.0. The molecule has 3 aromatic rings. The van der Waals surface area contributed by atoms with E-state index in [0.717, 1.165) is 36.2 Å². The highest BCUT2D eigenvalue weighted by atomic mass is 15.2. The molecule has 4 heteroatoms. The lowest BCUT2D eigenvalue weighted by Crippen LogP contribution is -2.35. The fourth-order valence-electron chi connectivity index (χ4n) is 3.78. The van der Waals surface area contributed by atoms with Crippen LogP contribution in [-0.2, 0) is 6.42 Å². The monoisotopic (exact) mass is 332 g/mol. The van der Waals surface area contributed by atoms with E-state index >= 15 is 0 Å². The number of anilines is 1. The smallest absolute Gasteiger partial charge is 0.135 e. The number of rotatable bonds is 4. The second kappa shape index (κ2) is 7.19. The van der Waals surface area contributed by atoms with Crippen LogP contribution in [0.5, 0.6) is 0 Å². The molecule has 4 nitrogen and oxygen atoms in total. The van der Waals surface area contributed by atoms with Gasteiger partial charge >= 0.3 is 0 Å². The molecule has 1 aliphatic rings. The zero-order valence-electron chi connectivity index (χ0n) is 14.4. The summed E-state index contributed by atoms with van der Waals surface area (Å²) < 4.78 is 0. The van der Waals surface area contributed by atoms with E-state index in [2.05, 4.69) is 40.2 Å². The van der Waals surface area contributed by atoms with E-state index in [0.29, 0.717) is 11.9 Å². The van der Waals surface area contributed by atoms with Gasteiger partial charge in [-0.15, -0.1) is 0 Å². The topological polar surface area (TPSA) is 55.0 Å². The Balaban J connectivity index is 1.68. The van der Waals surface area contributed by atoms with Gasteiger partial charge in [0.25, 0.3) is 0 Å². The van der Waals surface area contributed by atoms with Gasteiger partial charge in [-0.25, -0.2) is 9.97 Å². The van der Waals surface area contributed by atoms with Gasteiger partial charge in [0, 0.05) is 17.8 Å². The van der Waals surface area contributed by atoms with Crippen LogP contribution >= 0.6 is 0 Å². The van der Waals surface area contributed by atoms with Crippen molar-refractivity contribution >= 4 is 16.7 Å². The number of hydrogen-bond donors (Lipinski definition) is 1. The number of nitrogens with zero attached hydrogens (tertiary/aromatic N) is 3. The SMILES string of the molecule is Nc1nc(CC(c2ccccc2)N2CCCCC2)nc2ccccc12. The Morgan fingerprint density at radius 1 is 0.880 bits per heavy atom. The van der Waals surface area contributed by atoms with Crippen molar-refractivity contribution in [2.75, 3.05) is 18.8 Å². The third-order valence-corrected chi connectivity index (χ3v) is 5.07. The Labute approximate surface area is 148 Å². The fourth-order valence-corrected chi connectivity index (χ4v) is 3.78. The van der Waals surface area contributed by atoms with E-state index in [-0.39, 0.29) is 0 Å². The van der Waals surface area contributed by atoms with Crippen molar-refractivity contribution in [1.29, 1.82) is 0 Å². The molecule has 2 N–H and O–H groups in total. The third kappa shape index (κ3) is 3.49. The maximum absolute atomic E-state index is 6.19. The van der Waals surface area contributed by atoms with Crippen LogP contribution in [0.3, 0.4) is 0 Å². The molecule has 0 aliphatic carbocycles. The van der Waals surface area contributed by atoms with Crippen LogP contribution in [0.15, 0.2) is 54.6 Å². The molecule has 1 aromatic heterocycles. The molecule has 1 unspecified atom stereocenters. The number of likely N-dealkylation sites (tertiary alicyclic amines) is 1. The molecule has 1 fully saturated rings. The minimum Gasteiger partial charge on any atom is -0.383 e. The summed E-state index contributed by atoms with van der Waals surface area (Å²) in [7, 11) is 0. The van der Waals surface area contributed by atoms with Crippen LogP contribution in [0, 0.1) is 0 Å². The number of nitrogens with two attached hydrogens (primary N) is 1. The maximum atomic E-state index is 6.19. The molecule has 1 saturated heterocycles. The van der Waals surface area contributed by atoms with Gasteiger partial charge in [0.15, 0.2) is 0 Å². The Morgan fingerprint density at radius 3 is 2.40 bits per heavy atom. The van der Waals surface area contributed by atoms with Gasteiger partial charge in [0.2, 0.25) is 0 Å². The summed E-state index contributed by atoms with van der Waals surface area (Å²) in [5.74, 6) is 1.40. The van der Waals surface area contributed by atoms with Crippen molar-refractivity contribution in [2.45, 2.75) is 31.7 Å². The Hall–Kier alpha value is -2.46. The van der Waals surface area contributed by atoms with E-state index in [1.54, 1.807) is 0 Å². The van der Waals surface area contributed by atoms with Crippen LogP contribution in [0.25, 0.3) is 10.9 Å². The highest BCUT2D eigenvalue weighted by Gasteiger charge is 2.23. The largest absolute Gasteiger partial charge is 0.383 e. The predicted molar refractivity (Wildman–Crippen MR) is 102 cm³/mol. The van der Waals surface area contributed by atoms with E-state index in [4.69, 9.17) is 10.7 Å². The standard InChI is InChI=1S/C21H24N4/c22-21-17-11-5-6-12-18(17)23-20(24-21)15-19(16-9-3-1-4-10-16)25-13-7-2-8-14-25/h1,3-6,9-12,19H,2,7-8,13-15H2,(H2,22,23,24). The Morgan fingerprint density at radius 2 is 1.60 bits per heavy atom. The Kier molecular flexibility index (Phi) is 4.61. The van der Waals surface area contributed by atoms with Crippen molar-refractivity contribution in [3.05, 3.63) is 66.0 Å². The molecule has 128 valence electrons. The second-order valence-corrected chi connectivity index (χ2v) is 6.77. The lowest BCUT2D eigenvalue weighted by molar-refractivity contribution is 0.161. The van der Waals surface area contributed by atoms with Crippen LogP contribution < -0.4 is 5.73 Å². The van der Waals surface area contributed by atoms with Crippen LogP contribution in [0.2, 0.25) is 0 Å². The molecule has 0 spiro atoms. The summed E-state index contributed by atoms with van der Waals surface area (Å²) in [6.07, 6.45) is 4.66. The first-order chi connectivity index (χ1) is 12.3. The summed E-state index contributed by atoms with van der Waals surface area (Å²) in [5.41, 5.74) is 8.44. The first kappa shape index (κ1) is 16.0. The molecule has 4 rings (SSSR count). The molecule has 0 amide bonds. The van der Waals surface area contributed by atoms with E-state index in [9.17, 15) is 0 Å². The van der Waals surface area contributed by atoms with Gasteiger partial charge in [0.05, 0.1) is 5.52 Å². The molecule has 2 heterocycles. The maximum Gasteiger partial charge on any atom is 0.135 e. The average molecular weight is 332 g/mol. The minimum atomic E-state index is 0.307. The zero-order chi connectivity index (χ0) is 17.1. The number of hydrogen-bond acceptors (Lipinski definition) is 4. The quantitative estimate of drug-likeness (QED) is 0.785. The van der Waals surface area contributed by atoms with Crippen LogP contribution in [0.4, 0.5) is 5.82 Å². The van der Waals surface area contributed by atoms with Gasteiger partial charge in [-0.1, -0.05) is 48.9 Å². The number of nitrogen functional groups attached to an aromatic ring is 1. The number of aromatic nitrogens is 2. The van der Waals surface area contributed by atoms with Crippen molar-refractivity contribution < 1.29 is 0 Å². The molecule has 0 radical (unpaired) electrons. The summed E-state index contributed by atoms with van der Waals surface area (Å²) >= 11 is 0. The first-order valence-corrected chi connectivity index (χ1v) is 9.11. The number of benzene rings is 2. The van der Waals surface area contributed by atoms with Gasteiger partial charge in [0.1, 0.15) is 11.6 Å². The van der Waals surface area contributed by atoms with Crippen LogP contribution in [-0.4, -0.2) is 28.0 Å².